The number of aliphatic hydroxyl groups is 3. The second-order valence-corrected chi connectivity index (χ2v) is 31.8. The Kier molecular flexibility index (Phi) is 87.5. The van der Waals surface area contributed by atoms with Crippen molar-refractivity contribution in [3.8, 4) is 40.2 Å². The SMILES string of the molecule is C1CCOC1.CCOc1cc[c-]cc1.CCOc1ccc(Br)cc1.CCOc1ccc(CC(CCCCN)NC(=O)OC(C)(C)C)cc1.CCOc1ccc(CC(N)CCCCN)cc1.CCOc1ccc(CC2CN2C(=O)OC(C)(C)C)cc1.CCOc1ccc(C[C@@H](O)CCl)cc1.CCOc1ccc(C[C@@H](O)CN=[N+]=[N-])cc1.CO.ClC[C@H]1CO1.NCCN.[2H]CF.[Br-].[H-].[H-].[Mg+2].[Mg+2]. The van der Waals surface area contributed by atoms with Gasteiger partial charge in [-0.2, -0.15) is 18.2 Å². The molecule has 7 aromatic carbocycles. The van der Waals surface area contributed by atoms with Crippen LogP contribution in [0.5, 0.6) is 40.2 Å². The number of carbonyl (C=O) groups is 2. The van der Waals surface area contributed by atoms with Crippen LogP contribution < -0.4 is 84.1 Å². The molecule has 0 saturated carbocycles. The molecule has 7 aromatic rings. The molecule has 2 amide bonds. The van der Waals surface area contributed by atoms with E-state index >= 15 is 0 Å². The molecule has 131 heavy (non-hydrogen) atoms. The number of azide groups is 1. The Labute approximate surface area is 848 Å². The molecule has 3 saturated heterocycles. The van der Waals surface area contributed by atoms with Gasteiger partial charge < -0.3 is 126 Å². The predicted octanol–water partition coefficient (Wildman–Crippen LogP) is 15.2. The van der Waals surface area contributed by atoms with E-state index in [1.807, 2.05) is 236 Å². The summed E-state index contributed by atoms with van der Waals surface area (Å²) >= 11 is 14.1. The maximum Gasteiger partial charge on any atom is 2.00 e. The minimum atomic E-state index is -1.00. The number of benzene rings is 7. The molecule has 6 atom stereocenters. The third kappa shape index (κ3) is 77.5. The first kappa shape index (κ1) is 131. The fraction of sp³-hybridized carbons (Fsp3) is 0.551. The van der Waals surface area contributed by atoms with E-state index < -0.39 is 30.6 Å². The molecule has 3 aliphatic rings. The average molecular weight is 2030 g/mol. The number of amides is 2. The molecule has 3 fully saturated rings. The summed E-state index contributed by atoms with van der Waals surface area (Å²) in [5.41, 5.74) is 39.8. The second-order valence-electron chi connectivity index (χ2n) is 30.3. The van der Waals surface area contributed by atoms with Crippen molar-refractivity contribution in [3.05, 3.63) is 219 Å². The Hall–Kier alpha value is -6.41. The normalized spacial score (nSPS) is 13.4. The van der Waals surface area contributed by atoms with Gasteiger partial charge in [-0.3, -0.25) is 4.39 Å². The summed E-state index contributed by atoms with van der Waals surface area (Å²) in [5.74, 6) is 7.12. The third-order valence-electron chi connectivity index (χ3n) is 16.9. The van der Waals surface area contributed by atoms with Gasteiger partial charge in [0.15, 0.2) is 0 Å². The number of unbranched alkanes of at least 4 members (excludes halogenated alkanes) is 2. The monoisotopic (exact) mass is 2030 g/mol. The van der Waals surface area contributed by atoms with Crippen molar-refractivity contribution in [2.24, 2.45) is 33.8 Å². The Bertz CT molecular complexity index is 3820. The number of nitrogens with two attached hydrogens (primary N) is 5. The zero-order valence-electron chi connectivity index (χ0n) is 83.4. The molecule has 3 unspecified atom stereocenters. The number of alkyl carbamates (subject to hydrolysis) is 1. The van der Waals surface area contributed by atoms with Crippen molar-refractivity contribution in [2.45, 2.75) is 221 Å². The number of hydrogen-bond acceptors (Lipinski definition) is 22. The quantitative estimate of drug-likeness (QED) is 0.00254. The Morgan fingerprint density at radius 2 is 0.916 bits per heavy atom. The fourth-order valence-electron chi connectivity index (χ4n) is 10.9. The molecule has 10 rings (SSSR count). The van der Waals surface area contributed by atoms with Gasteiger partial charge in [0, 0.05) is 73.1 Å². The van der Waals surface area contributed by atoms with Crippen LogP contribution in [0.25, 0.3) is 10.4 Å². The Morgan fingerprint density at radius 1 is 0.573 bits per heavy atom. The number of carbonyl (C=O) groups excluding carboxylic acids is 2. The molecule has 3 aliphatic heterocycles. The molecule has 0 spiro atoms. The maximum absolute atomic E-state index is 12.1. The molecular weight excluding hydrogens is 1870 g/mol. The number of epoxide rings is 1. The molecule has 33 heteroatoms. The van der Waals surface area contributed by atoms with Gasteiger partial charge >= 0.3 is 58.3 Å². The van der Waals surface area contributed by atoms with Crippen LogP contribution >= 0.6 is 39.1 Å². The minimum Gasteiger partial charge on any atom is -1.00 e. The molecule has 14 N–H and O–H groups in total. The van der Waals surface area contributed by atoms with Crippen LogP contribution in [0.15, 0.2) is 179 Å². The molecule has 3 heterocycles. The summed E-state index contributed by atoms with van der Waals surface area (Å²) in [6, 6.07) is 58.2. The van der Waals surface area contributed by atoms with E-state index in [1.54, 1.807) is 4.90 Å². The standard InChI is InChI=1S/C19H32N2O3.C16H23NO3.C14H24N2O.C11H15ClO2.C11H15N3O2.C8H9BrO.C8H9O.C4H8O.C3H5ClO.C2H8N2.CH3F.CH4O.BrH.2Mg.2H/c1-5-23-17-11-9-15(10-12-17)14-16(8-6-7-13-20)21-18(22)24-19(2,3)4;1-5-19-14-8-6-12(7-9-14)10-13-11-17(13)15(18)20-16(2,3)4;1-2-17-14-8-6-12(7-9-14)11-13(16)5-3-4-10-15;1-2-14-11-5-3-9(4-6-11)7-10(13)8-12;1-2-16-11-5-3-9(4-6-11)7-10(15)8-13-14-12;1-2-10-8-5-3-7(9)4-6-8;1-2-9-8-6-4-3-5-7-8;1-2-4-5-3-1;4-1-3-2-5-3;3-1-2-4;2*1-2;;;;;/h9-12,16H,5-8,13-14,20H2,1-4H3,(H,21,22);6-9,13H,5,10-11H2,1-4H3;6-9,13H,2-5,10-11,15-16H2,1H3;3-6,10,13H,2,7-8H2,1H3;3-6,10,15H,2,7-8H2,1H3;3-6H,2H2,1H3;4-7H,2H2,1H3;1-4H2;3H,1-2H2;1-4H2;1H3;2H,1H3;1H;;;;/q;;;;;;-1;;;;;;;2*+2;2*-1/p-1/t;;;2*10-;;;;3-;;;;;;;;/m...11...0......../s1/i;;;;;;;;;;1D;;;;;;. The Balaban J connectivity index is -0.000000273. The summed E-state index contributed by atoms with van der Waals surface area (Å²) in [5, 5.41) is 32.1. The zero-order valence-corrected chi connectivity index (χ0v) is 87.9. The topological polar surface area (TPSA) is 394 Å². The molecule has 0 aliphatic carbocycles. The number of nitrogens with one attached hydrogen (secondary N) is 1. The van der Waals surface area contributed by atoms with Crippen LogP contribution in [0.1, 0.15) is 173 Å². The maximum atomic E-state index is 12.1. The predicted molar refractivity (Wildman–Crippen MR) is 536 cm³/mol. The van der Waals surface area contributed by atoms with Crippen molar-refractivity contribution < 1.29 is 103 Å². The summed E-state index contributed by atoms with van der Waals surface area (Å²) < 4.78 is 74.3. The van der Waals surface area contributed by atoms with E-state index in [0.717, 1.165) is 172 Å². The summed E-state index contributed by atoms with van der Waals surface area (Å²) in [4.78, 5) is 28.3. The van der Waals surface area contributed by atoms with Gasteiger partial charge in [0.1, 0.15) is 45.7 Å². The molecule has 26 nitrogen and oxygen atoms in total. The van der Waals surface area contributed by atoms with Gasteiger partial charge in [-0.05, 0) is 292 Å². The van der Waals surface area contributed by atoms with Gasteiger partial charge in [0.2, 0.25) is 0 Å². The van der Waals surface area contributed by atoms with Crippen LogP contribution in [0, 0.1) is 6.07 Å². The first-order valence-electron chi connectivity index (χ1n) is 44.8. The third-order valence-corrected chi connectivity index (χ3v) is 18.1. The first-order valence-corrected chi connectivity index (χ1v) is 46.0. The van der Waals surface area contributed by atoms with E-state index in [9.17, 15) is 24.2 Å². The number of alkyl halides is 3. The number of halogens is 5. The van der Waals surface area contributed by atoms with Crippen molar-refractivity contribution in [1.82, 2.24) is 10.2 Å². The largest absolute Gasteiger partial charge is 2.00 e. The van der Waals surface area contributed by atoms with Crippen molar-refractivity contribution >= 4 is 97.4 Å². The van der Waals surface area contributed by atoms with E-state index in [1.165, 1.54) is 24.0 Å². The summed E-state index contributed by atoms with van der Waals surface area (Å²) in [7, 11) is 0. The van der Waals surface area contributed by atoms with Crippen LogP contribution in [-0.2, 0) is 51.1 Å². The molecule has 0 bridgehead atoms. The number of hydrogen-bond donors (Lipinski definition) is 9. The number of rotatable bonds is 38. The molecule has 0 radical (unpaired) electrons. The Morgan fingerprint density at radius 3 is 1.23 bits per heavy atom. The van der Waals surface area contributed by atoms with Crippen LogP contribution in [-0.4, -0.2) is 258 Å². The van der Waals surface area contributed by atoms with Crippen molar-refractivity contribution in [1.29, 1.82) is 0 Å². The summed E-state index contributed by atoms with van der Waals surface area (Å²) in [6.07, 6.45) is 10.9. The summed E-state index contributed by atoms with van der Waals surface area (Å²) in [6.45, 7) is 36.2. The zero-order chi connectivity index (χ0) is 96.7. The number of nitrogens with zero attached hydrogens (tertiary/aromatic N) is 4. The van der Waals surface area contributed by atoms with Gasteiger partial charge in [0.05, 0.1) is 98.2 Å². The van der Waals surface area contributed by atoms with Gasteiger partial charge in [0.25, 0.3) is 0 Å². The van der Waals surface area contributed by atoms with Crippen LogP contribution in [0.3, 0.4) is 0 Å². The van der Waals surface area contributed by atoms with E-state index in [-0.39, 0.29) is 109 Å². The van der Waals surface area contributed by atoms with E-state index in [4.69, 9.17) is 116 Å². The number of ether oxygens (including phenoxy) is 11. The van der Waals surface area contributed by atoms with E-state index in [2.05, 4.69) is 61.6 Å². The fourth-order valence-corrected chi connectivity index (χ4v) is 11.4. The molecular formula is C98H157Br2Cl2FMg2N10O16. The second kappa shape index (κ2) is 87.6. The van der Waals surface area contributed by atoms with Crippen LogP contribution in [0.4, 0.5) is 14.0 Å². The van der Waals surface area contributed by atoms with Crippen molar-refractivity contribution in [2.75, 3.05) is 131 Å². The number of aliphatic hydroxyl groups excluding tert-OH is 3. The average Bonchev–Trinajstić information content (AvgIpc) is 1.66. The molecule has 0 aromatic heterocycles. The smallest absolute Gasteiger partial charge is 1.00 e. The van der Waals surface area contributed by atoms with Crippen LogP contribution in [0.2, 0.25) is 0 Å². The van der Waals surface area contributed by atoms with E-state index in [0.29, 0.717) is 77.5 Å². The van der Waals surface area contributed by atoms with Crippen molar-refractivity contribution in [3.63, 3.8) is 0 Å². The van der Waals surface area contributed by atoms with Gasteiger partial charge in [-0.25, -0.2) is 9.59 Å². The minimum absolute atomic E-state index is 0. The van der Waals surface area contributed by atoms with Gasteiger partial charge in [-0.15, -0.1) is 35.3 Å². The van der Waals surface area contributed by atoms with Gasteiger partial charge in [-0.1, -0.05) is 94.5 Å². The first-order chi connectivity index (χ1) is 62.0. The molecule has 734 valence electrons.